The van der Waals surface area contributed by atoms with E-state index in [-0.39, 0.29) is 17.5 Å². The van der Waals surface area contributed by atoms with Crippen LogP contribution in [-0.4, -0.2) is 32.8 Å². The Bertz CT molecular complexity index is 917. The SMILES string of the molecule is CC(=O)O[C@H]1CCC2C3C(CCCCCCCCCO[Si](C)(C)C(C)(C)C)CC4=CC(=O)CCC4C3CC[C@@]21C. The zero-order chi connectivity index (χ0) is 29.1. The number of fused-ring (bicyclic) bond motifs is 5. The van der Waals surface area contributed by atoms with Crippen LogP contribution in [0.4, 0.5) is 0 Å². The maximum absolute atomic E-state index is 12.4. The molecular weight excluding hydrogens is 512 g/mol. The highest BCUT2D eigenvalue weighted by Gasteiger charge is 2.59. The predicted octanol–water partition coefficient (Wildman–Crippen LogP) is 9.43. The van der Waals surface area contributed by atoms with Gasteiger partial charge in [-0.15, -0.1) is 0 Å². The Labute approximate surface area is 246 Å². The van der Waals surface area contributed by atoms with Crippen molar-refractivity contribution in [2.24, 2.45) is 35.0 Å². The van der Waals surface area contributed by atoms with Crippen molar-refractivity contribution in [3.63, 3.8) is 0 Å². The van der Waals surface area contributed by atoms with Crippen LogP contribution in [0.5, 0.6) is 0 Å². The molecular formula is C35H60O4Si. The zero-order valence-electron chi connectivity index (χ0n) is 27.0. The number of hydrogen-bond acceptors (Lipinski definition) is 4. The Morgan fingerprint density at radius 2 is 1.68 bits per heavy atom. The Kier molecular flexibility index (Phi) is 10.5. The summed E-state index contributed by atoms with van der Waals surface area (Å²) >= 11 is 0. The first-order chi connectivity index (χ1) is 18.8. The first-order valence-electron chi connectivity index (χ1n) is 16.9. The lowest BCUT2D eigenvalue weighted by Crippen LogP contribution is -2.51. The first kappa shape index (κ1) is 32.0. The number of ether oxygens (including phenoxy) is 1. The van der Waals surface area contributed by atoms with Crippen LogP contribution in [0.2, 0.25) is 18.1 Å². The topological polar surface area (TPSA) is 52.6 Å². The van der Waals surface area contributed by atoms with E-state index in [2.05, 4.69) is 46.9 Å². The minimum absolute atomic E-state index is 0.0914. The molecule has 4 nitrogen and oxygen atoms in total. The van der Waals surface area contributed by atoms with Crippen LogP contribution >= 0.6 is 0 Å². The summed E-state index contributed by atoms with van der Waals surface area (Å²) in [6.45, 7) is 16.6. The molecule has 0 aromatic heterocycles. The lowest BCUT2D eigenvalue weighted by molar-refractivity contribution is -0.157. The first-order valence-corrected chi connectivity index (χ1v) is 19.8. The summed E-state index contributed by atoms with van der Waals surface area (Å²) in [6, 6.07) is 0. The summed E-state index contributed by atoms with van der Waals surface area (Å²) in [4.78, 5) is 24.2. The van der Waals surface area contributed by atoms with E-state index in [1.807, 2.05) is 0 Å². The van der Waals surface area contributed by atoms with E-state index in [4.69, 9.17) is 9.16 Å². The van der Waals surface area contributed by atoms with Gasteiger partial charge in [-0.1, -0.05) is 71.8 Å². The smallest absolute Gasteiger partial charge is 0.302 e. The molecule has 4 aliphatic carbocycles. The van der Waals surface area contributed by atoms with Crippen LogP contribution in [0.15, 0.2) is 11.6 Å². The fraction of sp³-hybridized carbons (Fsp3) is 0.886. The van der Waals surface area contributed by atoms with Gasteiger partial charge >= 0.3 is 5.97 Å². The summed E-state index contributed by atoms with van der Waals surface area (Å²) in [5, 5.41) is 0.299. The predicted molar refractivity (Wildman–Crippen MR) is 167 cm³/mol. The van der Waals surface area contributed by atoms with E-state index in [1.54, 1.807) is 6.92 Å². The molecule has 228 valence electrons. The van der Waals surface area contributed by atoms with Crippen molar-refractivity contribution in [1.29, 1.82) is 0 Å². The molecule has 0 aromatic carbocycles. The average molecular weight is 573 g/mol. The van der Waals surface area contributed by atoms with Crippen molar-refractivity contribution in [3.05, 3.63) is 11.6 Å². The molecule has 0 saturated heterocycles. The van der Waals surface area contributed by atoms with Gasteiger partial charge < -0.3 is 9.16 Å². The van der Waals surface area contributed by atoms with Gasteiger partial charge in [0.15, 0.2) is 14.1 Å². The maximum atomic E-state index is 12.4. The largest absolute Gasteiger partial charge is 0.462 e. The normalized spacial score (nSPS) is 34.1. The van der Waals surface area contributed by atoms with Gasteiger partial charge in [-0.05, 0) is 105 Å². The van der Waals surface area contributed by atoms with Crippen LogP contribution in [0.25, 0.3) is 0 Å². The molecule has 4 aliphatic rings. The van der Waals surface area contributed by atoms with Crippen molar-refractivity contribution in [1.82, 2.24) is 0 Å². The highest BCUT2D eigenvalue weighted by molar-refractivity contribution is 6.74. The summed E-state index contributed by atoms with van der Waals surface area (Å²) in [5.74, 6) is 3.66. The van der Waals surface area contributed by atoms with Crippen molar-refractivity contribution >= 4 is 20.1 Å². The average Bonchev–Trinajstić information content (AvgIpc) is 3.19. The van der Waals surface area contributed by atoms with Gasteiger partial charge in [-0.25, -0.2) is 0 Å². The second kappa shape index (κ2) is 13.1. The fourth-order valence-corrected chi connectivity index (χ4v) is 10.0. The fourth-order valence-electron chi connectivity index (χ4n) is 8.96. The number of rotatable bonds is 12. The Morgan fingerprint density at radius 3 is 2.35 bits per heavy atom. The van der Waals surface area contributed by atoms with Gasteiger partial charge in [-0.3, -0.25) is 9.59 Å². The second-order valence-corrected chi connectivity index (χ2v) is 20.5. The van der Waals surface area contributed by atoms with Gasteiger partial charge in [0.1, 0.15) is 6.10 Å². The Morgan fingerprint density at radius 1 is 1.00 bits per heavy atom. The molecule has 3 saturated carbocycles. The molecule has 0 amide bonds. The minimum Gasteiger partial charge on any atom is -0.462 e. The molecule has 7 atom stereocenters. The van der Waals surface area contributed by atoms with Crippen molar-refractivity contribution in [2.75, 3.05) is 6.61 Å². The second-order valence-electron chi connectivity index (χ2n) is 15.7. The van der Waals surface area contributed by atoms with Crippen LogP contribution < -0.4 is 0 Å². The van der Waals surface area contributed by atoms with E-state index in [1.165, 1.54) is 76.2 Å². The molecule has 0 bridgehead atoms. The lowest BCUT2D eigenvalue weighted by atomic mass is 9.49. The quantitative estimate of drug-likeness (QED) is 0.133. The molecule has 4 rings (SSSR count). The van der Waals surface area contributed by atoms with Crippen LogP contribution in [0, 0.1) is 35.0 Å². The Hall–Kier alpha value is -0.943. The third-order valence-electron chi connectivity index (χ3n) is 12.2. The number of carbonyl (C=O) groups excluding carboxylic acids is 2. The van der Waals surface area contributed by atoms with Crippen LogP contribution in [0.3, 0.4) is 0 Å². The van der Waals surface area contributed by atoms with E-state index >= 15 is 0 Å². The maximum Gasteiger partial charge on any atom is 0.302 e. The number of ketones is 1. The van der Waals surface area contributed by atoms with Gasteiger partial charge in [0.05, 0.1) is 0 Å². The van der Waals surface area contributed by atoms with E-state index in [0.717, 1.165) is 44.1 Å². The number of unbranched alkanes of at least 4 members (excludes halogenated alkanes) is 6. The van der Waals surface area contributed by atoms with E-state index in [9.17, 15) is 9.59 Å². The third-order valence-corrected chi connectivity index (χ3v) is 16.7. The third kappa shape index (κ3) is 7.16. The van der Waals surface area contributed by atoms with E-state index in [0.29, 0.717) is 28.6 Å². The molecule has 40 heavy (non-hydrogen) atoms. The van der Waals surface area contributed by atoms with Gasteiger partial charge in [0, 0.05) is 25.4 Å². The summed E-state index contributed by atoms with van der Waals surface area (Å²) in [7, 11) is -1.60. The standard InChI is InChI=1S/C35H60O4Si/c1-25(36)39-32-19-18-31-33-26(15-13-11-9-8-10-12-14-22-38-40(6,7)34(2,3)4)23-27-24-28(37)16-17-29(27)30(33)20-21-35(31,32)5/h24,26,29-33H,8-23H2,1-7H3/t26?,29?,30?,31?,32-,33?,35-/m0/s1. The molecule has 3 fully saturated rings. The lowest BCUT2D eigenvalue weighted by Gasteiger charge is -2.56. The zero-order valence-corrected chi connectivity index (χ0v) is 28.0. The molecule has 0 N–H and O–H groups in total. The molecule has 5 unspecified atom stereocenters. The molecule has 0 radical (unpaired) electrons. The molecule has 0 spiro atoms. The monoisotopic (exact) mass is 572 g/mol. The number of carbonyl (C=O) groups is 2. The van der Waals surface area contributed by atoms with Gasteiger partial charge in [-0.2, -0.15) is 0 Å². The van der Waals surface area contributed by atoms with Crippen molar-refractivity contribution in [2.45, 2.75) is 155 Å². The number of hydrogen-bond donors (Lipinski definition) is 0. The van der Waals surface area contributed by atoms with E-state index < -0.39 is 8.32 Å². The molecule has 5 heteroatoms. The van der Waals surface area contributed by atoms with Crippen molar-refractivity contribution in [3.8, 4) is 0 Å². The molecule has 0 heterocycles. The van der Waals surface area contributed by atoms with Gasteiger partial charge in [0.25, 0.3) is 0 Å². The van der Waals surface area contributed by atoms with Gasteiger partial charge in [0.2, 0.25) is 0 Å². The number of allylic oxidation sites excluding steroid dienone is 1. The highest BCUT2D eigenvalue weighted by Crippen LogP contribution is 2.64. The summed E-state index contributed by atoms with van der Waals surface area (Å²) in [5.41, 5.74) is 1.62. The summed E-state index contributed by atoms with van der Waals surface area (Å²) < 4.78 is 12.3. The van der Waals surface area contributed by atoms with Crippen LogP contribution in [-0.2, 0) is 18.8 Å². The minimum atomic E-state index is -1.60. The van der Waals surface area contributed by atoms with Crippen LogP contribution in [0.1, 0.15) is 131 Å². The molecule has 0 aromatic rings. The Balaban J connectivity index is 1.26. The number of esters is 1. The van der Waals surface area contributed by atoms with Crippen molar-refractivity contribution < 1.29 is 18.8 Å². The highest BCUT2D eigenvalue weighted by atomic mass is 28.4. The summed E-state index contributed by atoms with van der Waals surface area (Å²) in [6.07, 6.45) is 20.1. The molecule has 0 aliphatic heterocycles.